The molecule has 4 nitrogen and oxygen atoms in total. The van der Waals surface area contributed by atoms with Crippen molar-refractivity contribution in [3.05, 3.63) is 48.0 Å². The van der Waals surface area contributed by atoms with E-state index in [9.17, 15) is 9.59 Å². The van der Waals surface area contributed by atoms with Crippen LogP contribution in [0.25, 0.3) is 0 Å². The molecule has 1 saturated heterocycles. The van der Waals surface area contributed by atoms with Gasteiger partial charge in [0.25, 0.3) is 0 Å². The van der Waals surface area contributed by atoms with E-state index in [2.05, 4.69) is 6.58 Å². The second-order valence-corrected chi connectivity index (χ2v) is 5.07. The molecule has 1 aliphatic heterocycles. The zero-order chi connectivity index (χ0) is 15.2. The minimum absolute atomic E-state index is 0.0747. The zero-order valence-corrected chi connectivity index (χ0v) is 12.2. The Balaban J connectivity index is 1.99. The number of ether oxygens (including phenoxy) is 2. The summed E-state index contributed by atoms with van der Waals surface area (Å²) in [7, 11) is 0. The Morgan fingerprint density at radius 1 is 1.33 bits per heavy atom. The van der Waals surface area contributed by atoms with Gasteiger partial charge >= 0.3 is 11.9 Å². The van der Waals surface area contributed by atoms with Gasteiger partial charge in [-0.15, -0.1) is 0 Å². The van der Waals surface area contributed by atoms with Gasteiger partial charge in [-0.1, -0.05) is 36.9 Å². The van der Waals surface area contributed by atoms with E-state index in [1.807, 2.05) is 30.3 Å². The monoisotopic (exact) mass is 288 g/mol. The fraction of sp³-hybridized carbons (Fsp3) is 0.412. The standard InChI is InChI=1S/C17H20O4/c1-3-20-15(18)11-7-10-14-12(2)17(19)21-16(14)13-8-5-4-6-9-13/h4-6,8-9,14,16H,2-3,7,10-11H2,1H3/t14-,16-/m0/s1. The van der Waals surface area contributed by atoms with E-state index in [0.717, 1.165) is 5.56 Å². The number of esters is 2. The van der Waals surface area contributed by atoms with Crippen molar-refractivity contribution in [3.63, 3.8) is 0 Å². The summed E-state index contributed by atoms with van der Waals surface area (Å²) in [5, 5.41) is 0. The van der Waals surface area contributed by atoms with Crippen LogP contribution in [-0.2, 0) is 19.1 Å². The van der Waals surface area contributed by atoms with E-state index < -0.39 is 0 Å². The van der Waals surface area contributed by atoms with Crippen LogP contribution >= 0.6 is 0 Å². The van der Waals surface area contributed by atoms with E-state index in [1.54, 1.807) is 6.92 Å². The molecule has 21 heavy (non-hydrogen) atoms. The Kier molecular flexibility index (Phi) is 5.14. The van der Waals surface area contributed by atoms with Crippen LogP contribution in [0.5, 0.6) is 0 Å². The van der Waals surface area contributed by atoms with Crippen molar-refractivity contribution >= 4 is 11.9 Å². The summed E-state index contributed by atoms with van der Waals surface area (Å²) in [6.07, 6.45) is 1.40. The summed E-state index contributed by atoms with van der Waals surface area (Å²) in [6, 6.07) is 9.63. The molecule has 1 fully saturated rings. The Labute approximate surface area is 124 Å². The number of carbonyl (C=O) groups is 2. The lowest BCUT2D eigenvalue weighted by Gasteiger charge is -2.17. The number of cyclic esters (lactones) is 1. The van der Waals surface area contributed by atoms with Crippen LogP contribution in [0.4, 0.5) is 0 Å². The minimum atomic E-state index is -0.343. The van der Waals surface area contributed by atoms with Crippen molar-refractivity contribution < 1.29 is 19.1 Å². The summed E-state index contributed by atoms with van der Waals surface area (Å²) in [4.78, 5) is 23.1. The summed E-state index contributed by atoms with van der Waals surface area (Å²) in [5.41, 5.74) is 1.46. The molecule has 0 spiro atoms. The van der Waals surface area contributed by atoms with E-state index in [0.29, 0.717) is 31.4 Å². The molecule has 0 N–H and O–H groups in total. The molecule has 1 aliphatic rings. The van der Waals surface area contributed by atoms with E-state index in [4.69, 9.17) is 9.47 Å². The predicted molar refractivity (Wildman–Crippen MR) is 78.4 cm³/mol. The Morgan fingerprint density at radius 3 is 2.71 bits per heavy atom. The SMILES string of the molecule is C=C1C(=O)O[C@@H](c2ccccc2)[C@H]1CCCC(=O)OCC. The molecular weight excluding hydrogens is 268 g/mol. The van der Waals surface area contributed by atoms with Gasteiger partial charge in [-0.05, 0) is 25.3 Å². The lowest BCUT2D eigenvalue weighted by Crippen LogP contribution is -2.10. The molecule has 1 heterocycles. The normalized spacial score (nSPS) is 21.2. The van der Waals surface area contributed by atoms with Gasteiger partial charge in [0.05, 0.1) is 6.61 Å². The molecule has 112 valence electrons. The van der Waals surface area contributed by atoms with E-state index >= 15 is 0 Å². The van der Waals surface area contributed by atoms with E-state index in [1.165, 1.54) is 0 Å². The second-order valence-electron chi connectivity index (χ2n) is 5.07. The van der Waals surface area contributed by atoms with Crippen molar-refractivity contribution in [2.45, 2.75) is 32.3 Å². The Morgan fingerprint density at radius 2 is 2.05 bits per heavy atom. The number of hydrogen-bond acceptors (Lipinski definition) is 4. The Hall–Kier alpha value is -2.10. The van der Waals surface area contributed by atoms with Crippen LogP contribution in [0.15, 0.2) is 42.5 Å². The first-order chi connectivity index (χ1) is 10.1. The highest BCUT2D eigenvalue weighted by molar-refractivity contribution is 5.91. The molecule has 2 rings (SSSR count). The van der Waals surface area contributed by atoms with Crippen molar-refractivity contribution in [3.8, 4) is 0 Å². The molecule has 1 aromatic carbocycles. The number of benzene rings is 1. The maximum atomic E-state index is 11.8. The highest BCUT2D eigenvalue weighted by atomic mass is 16.6. The van der Waals surface area contributed by atoms with Crippen molar-refractivity contribution in [2.75, 3.05) is 6.61 Å². The van der Waals surface area contributed by atoms with Crippen molar-refractivity contribution in [2.24, 2.45) is 5.92 Å². The highest BCUT2D eigenvalue weighted by Gasteiger charge is 2.38. The van der Waals surface area contributed by atoms with Gasteiger partial charge in [0.1, 0.15) is 6.10 Å². The molecule has 1 aromatic rings. The molecular formula is C17H20O4. The predicted octanol–water partition coefficient (Wildman–Crippen LogP) is 3.19. The highest BCUT2D eigenvalue weighted by Crippen LogP contribution is 2.40. The third kappa shape index (κ3) is 3.72. The van der Waals surface area contributed by atoms with Gasteiger partial charge in [-0.2, -0.15) is 0 Å². The van der Waals surface area contributed by atoms with Gasteiger partial charge in [-0.3, -0.25) is 4.79 Å². The van der Waals surface area contributed by atoms with Crippen molar-refractivity contribution in [1.82, 2.24) is 0 Å². The van der Waals surface area contributed by atoms with Crippen LogP contribution in [-0.4, -0.2) is 18.5 Å². The fourth-order valence-corrected chi connectivity index (χ4v) is 2.58. The van der Waals surface area contributed by atoms with Crippen molar-refractivity contribution in [1.29, 1.82) is 0 Å². The maximum absolute atomic E-state index is 11.8. The zero-order valence-electron chi connectivity index (χ0n) is 12.2. The van der Waals surface area contributed by atoms with Crippen LogP contribution in [0.2, 0.25) is 0 Å². The van der Waals surface area contributed by atoms with Crippen LogP contribution in [0.1, 0.15) is 37.9 Å². The topological polar surface area (TPSA) is 52.6 Å². The first-order valence-corrected chi connectivity index (χ1v) is 7.23. The smallest absolute Gasteiger partial charge is 0.334 e. The quantitative estimate of drug-likeness (QED) is 0.596. The molecule has 0 saturated carbocycles. The number of hydrogen-bond donors (Lipinski definition) is 0. The molecule has 2 atom stereocenters. The lowest BCUT2D eigenvalue weighted by atomic mass is 9.88. The van der Waals surface area contributed by atoms with Gasteiger partial charge in [0.15, 0.2) is 0 Å². The average molecular weight is 288 g/mol. The third-order valence-corrected chi connectivity index (χ3v) is 3.64. The molecule has 0 aliphatic carbocycles. The summed E-state index contributed by atoms with van der Waals surface area (Å²) >= 11 is 0. The average Bonchev–Trinajstić information content (AvgIpc) is 2.77. The van der Waals surface area contributed by atoms with Crippen LogP contribution < -0.4 is 0 Å². The molecule has 0 amide bonds. The molecule has 0 aromatic heterocycles. The second kappa shape index (κ2) is 7.07. The fourth-order valence-electron chi connectivity index (χ4n) is 2.58. The number of rotatable bonds is 6. The van der Waals surface area contributed by atoms with Gasteiger partial charge in [0.2, 0.25) is 0 Å². The van der Waals surface area contributed by atoms with Crippen LogP contribution in [0, 0.1) is 5.92 Å². The lowest BCUT2D eigenvalue weighted by molar-refractivity contribution is -0.143. The molecule has 4 heteroatoms. The van der Waals surface area contributed by atoms with Gasteiger partial charge in [0, 0.05) is 17.9 Å². The molecule has 0 radical (unpaired) electrons. The minimum Gasteiger partial charge on any atom is -0.466 e. The summed E-state index contributed by atoms with van der Waals surface area (Å²) in [6.45, 7) is 6.01. The Bertz CT molecular complexity index is 521. The van der Waals surface area contributed by atoms with Gasteiger partial charge < -0.3 is 9.47 Å². The first-order valence-electron chi connectivity index (χ1n) is 7.23. The third-order valence-electron chi connectivity index (χ3n) is 3.64. The molecule has 0 unspecified atom stereocenters. The summed E-state index contributed by atoms with van der Waals surface area (Å²) < 4.78 is 10.3. The van der Waals surface area contributed by atoms with E-state index in [-0.39, 0.29) is 24.0 Å². The van der Waals surface area contributed by atoms with Gasteiger partial charge in [-0.25, -0.2) is 4.79 Å². The van der Waals surface area contributed by atoms with Crippen LogP contribution in [0.3, 0.4) is 0 Å². The number of carbonyl (C=O) groups excluding carboxylic acids is 2. The maximum Gasteiger partial charge on any atom is 0.334 e. The summed E-state index contributed by atoms with van der Waals surface area (Å²) in [5.74, 6) is -0.621. The first kappa shape index (κ1) is 15.3. The largest absolute Gasteiger partial charge is 0.466 e. The molecule has 0 bridgehead atoms.